The second-order valence-corrected chi connectivity index (χ2v) is 11.4. The van der Waals surface area contributed by atoms with E-state index in [0.717, 1.165) is 27.6 Å². The molecule has 1 heterocycles. The van der Waals surface area contributed by atoms with Gasteiger partial charge in [-0.2, -0.15) is 0 Å². The number of hydrogen-bond donors (Lipinski definition) is 1. The molecule has 0 radical (unpaired) electrons. The number of hydrogen-bond acceptors (Lipinski definition) is 6. The van der Waals surface area contributed by atoms with Gasteiger partial charge in [-0.1, -0.05) is 27.6 Å². The van der Waals surface area contributed by atoms with Gasteiger partial charge in [-0.3, -0.25) is 24.1 Å². The summed E-state index contributed by atoms with van der Waals surface area (Å²) in [5.74, 6) is -6.20. The van der Waals surface area contributed by atoms with Crippen molar-refractivity contribution in [2.75, 3.05) is 4.90 Å². The van der Waals surface area contributed by atoms with Crippen LogP contribution in [-0.4, -0.2) is 34.8 Å². The van der Waals surface area contributed by atoms with E-state index >= 15 is 0 Å². The molecule has 6 rings (SSSR count). The molecule has 0 aromatic heterocycles. The number of benzene rings is 2. The third-order valence-corrected chi connectivity index (χ3v) is 8.72. The van der Waals surface area contributed by atoms with Crippen LogP contribution in [0.2, 0.25) is 0 Å². The van der Waals surface area contributed by atoms with E-state index in [1.165, 1.54) is 13.0 Å². The number of halogens is 4. The number of rotatable bonds is 3. The number of ketones is 2. The molecule has 1 saturated heterocycles. The van der Waals surface area contributed by atoms with Crippen molar-refractivity contribution >= 4 is 45.0 Å². The number of anilines is 1. The van der Waals surface area contributed by atoms with Crippen LogP contribution in [0.1, 0.15) is 31.2 Å². The van der Waals surface area contributed by atoms with Gasteiger partial charge in [-0.15, -0.1) is 13.2 Å². The maximum atomic E-state index is 13.9. The fourth-order valence-electron chi connectivity index (χ4n) is 6.54. The molecule has 4 aliphatic rings. The summed E-state index contributed by atoms with van der Waals surface area (Å²) in [4.78, 5) is 55.2. The fraction of sp³-hybridized carbons (Fsp3) is 0.267. The Balaban J connectivity index is 1.49. The van der Waals surface area contributed by atoms with E-state index in [2.05, 4.69) is 20.7 Å². The molecule has 11 heteroatoms. The summed E-state index contributed by atoms with van der Waals surface area (Å²) in [5.41, 5.74) is 1.19. The van der Waals surface area contributed by atoms with E-state index in [1.807, 2.05) is 0 Å². The van der Waals surface area contributed by atoms with Crippen molar-refractivity contribution < 1.29 is 42.2 Å². The van der Waals surface area contributed by atoms with Crippen molar-refractivity contribution in [3.8, 4) is 11.5 Å². The molecule has 2 aromatic carbocycles. The number of phenolic OH excluding ortho intramolecular Hbond substituents is 1. The summed E-state index contributed by atoms with van der Waals surface area (Å²) in [6.45, 7) is 1.49. The largest absolute Gasteiger partial charge is 0.573 e. The first kappa shape index (κ1) is 27.2. The van der Waals surface area contributed by atoms with Crippen LogP contribution in [0, 0.1) is 17.8 Å². The van der Waals surface area contributed by atoms with Crippen LogP contribution >= 0.6 is 15.9 Å². The summed E-state index contributed by atoms with van der Waals surface area (Å²) < 4.78 is 44.0. The number of nitrogens with zero attached hydrogens (tertiary/aromatic N) is 1. The van der Waals surface area contributed by atoms with Gasteiger partial charge in [-0.05, 0) is 74.2 Å². The van der Waals surface area contributed by atoms with Gasteiger partial charge in [0.25, 0.3) is 0 Å². The minimum atomic E-state index is -5.01. The first-order valence-electron chi connectivity index (χ1n) is 12.8. The molecule has 4 atom stereocenters. The summed E-state index contributed by atoms with van der Waals surface area (Å²) in [5, 5.41) is 10.8. The summed E-state index contributed by atoms with van der Waals surface area (Å²) in [6, 6.07) is 9.65. The lowest BCUT2D eigenvalue weighted by atomic mass is 9.59. The highest BCUT2D eigenvalue weighted by molar-refractivity contribution is 9.10. The summed E-state index contributed by atoms with van der Waals surface area (Å²) >= 11 is 3.34. The Labute approximate surface area is 240 Å². The Morgan fingerprint density at radius 2 is 1.71 bits per heavy atom. The first-order valence-corrected chi connectivity index (χ1v) is 13.6. The van der Waals surface area contributed by atoms with E-state index < -0.39 is 59.0 Å². The van der Waals surface area contributed by atoms with Crippen LogP contribution in [0.3, 0.4) is 0 Å². The van der Waals surface area contributed by atoms with Crippen molar-refractivity contribution in [2.45, 2.75) is 32.0 Å². The van der Waals surface area contributed by atoms with Crippen LogP contribution in [0.25, 0.3) is 0 Å². The zero-order valence-electron chi connectivity index (χ0n) is 21.4. The van der Waals surface area contributed by atoms with Crippen LogP contribution in [-0.2, 0) is 19.2 Å². The van der Waals surface area contributed by atoms with E-state index in [4.69, 9.17) is 0 Å². The zero-order chi connectivity index (χ0) is 29.4. The van der Waals surface area contributed by atoms with Crippen LogP contribution in [0.4, 0.5) is 18.9 Å². The Morgan fingerprint density at radius 1 is 1.00 bits per heavy atom. The van der Waals surface area contributed by atoms with Crippen molar-refractivity contribution in [1.29, 1.82) is 0 Å². The average molecular weight is 628 g/mol. The number of fused-ring (bicyclic) bond motifs is 3. The summed E-state index contributed by atoms with van der Waals surface area (Å²) in [6.07, 6.45) is -1.97. The molecule has 1 fully saturated rings. The number of carbonyl (C=O) groups excluding carboxylic acids is 4. The average Bonchev–Trinajstić information content (AvgIpc) is 3.17. The number of amides is 2. The summed E-state index contributed by atoms with van der Waals surface area (Å²) in [7, 11) is 0. The van der Waals surface area contributed by atoms with E-state index in [0.29, 0.717) is 11.3 Å². The number of alkyl halides is 3. The first-order chi connectivity index (χ1) is 19.4. The lowest BCUT2D eigenvalue weighted by molar-refractivity contribution is -0.274. The van der Waals surface area contributed by atoms with Gasteiger partial charge in [-0.25, -0.2) is 0 Å². The monoisotopic (exact) mass is 627 g/mol. The van der Waals surface area contributed by atoms with Crippen LogP contribution < -0.4 is 9.64 Å². The highest BCUT2D eigenvalue weighted by Crippen LogP contribution is 2.56. The SMILES string of the molecule is CC1=CC(=O)C2=C(C[C@@H]3C(=CC[C@@H]4C(=O)N(c5ccc(Br)cc5)C(=O)[C@@H]43)[C@@H]2c2cc(OC(F)(F)F)ccc2O)C1=O. The number of allylic oxidation sites excluding steroid dienone is 6. The topological polar surface area (TPSA) is 101 Å². The minimum Gasteiger partial charge on any atom is -0.508 e. The molecule has 210 valence electrons. The molecule has 0 spiro atoms. The highest BCUT2D eigenvalue weighted by atomic mass is 79.9. The highest BCUT2D eigenvalue weighted by Gasteiger charge is 2.56. The molecule has 3 aliphatic carbocycles. The second-order valence-electron chi connectivity index (χ2n) is 10.5. The minimum absolute atomic E-state index is 0.00128. The predicted molar refractivity (Wildman–Crippen MR) is 143 cm³/mol. The molecular formula is C30H21BrF3NO6. The number of aromatic hydroxyl groups is 1. The van der Waals surface area contributed by atoms with E-state index in [9.17, 15) is 37.5 Å². The number of ether oxygens (including phenoxy) is 1. The van der Waals surface area contributed by atoms with Gasteiger partial charge in [0.2, 0.25) is 11.8 Å². The molecule has 2 aromatic rings. The third-order valence-electron chi connectivity index (χ3n) is 8.19. The molecule has 7 nitrogen and oxygen atoms in total. The maximum absolute atomic E-state index is 13.9. The fourth-order valence-corrected chi connectivity index (χ4v) is 6.81. The Hall–Kier alpha value is -3.99. The van der Waals surface area contributed by atoms with Crippen LogP contribution in [0.5, 0.6) is 11.5 Å². The smallest absolute Gasteiger partial charge is 0.508 e. The molecule has 2 amide bonds. The van der Waals surface area contributed by atoms with Gasteiger partial charge in [0, 0.05) is 32.7 Å². The quantitative estimate of drug-likeness (QED) is 0.267. The van der Waals surface area contributed by atoms with Crippen LogP contribution in [0.15, 0.2) is 81.4 Å². The molecule has 1 N–H and O–H groups in total. The number of Topliss-reactive ketones (excluding diaryl/α,β-unsaturated/α-hetero) is 1. The predicted octanol–water partition coefficient (Wildman–Crippen LogP) is 5.69. The van der Waals surface area contributed by atoms with E-state index in [1.54, 1.807) is 30.3 Å². The molecule has 41 heavy (non-hydrogen) atoms. The van der Waals surface area contributed by atoms with Gasteiger partial charge in [0.05, 0.1) is 17.5 Å². The Morgan fingerprint density at radius 3 is 2.39 bits per heavy atom. The van der Waals surface area contributed by atoms with Gasteiger partial charge in [0.1, 0.15) is 11.5 Å². The molecule has 0 unspecified atom stereocenters. The molecule has 0 bridgehead atoms. The second kappa shape index (κ2) is 9.54. The maximum Gasteiger partial charge on any atom is 0.573 e. The lowest BCUT2D eigenvalue weighted by Crippen LogP contribution is -2.39. The molecule has 0 saturated carbocycles. The van der Waals surface area contributed by atoms with Crippen molar-refractivity contribution in [3.63, 3.8) is 0 Å². The zero-order valence-corrected chi connectivity index (χ0v) is 23.0. The standard InChI is InChI=1S/C30H21BrF3NO6/c1-13-10-23(37)26-21(27(13)38)12-19-17(24(26)20-11-16(6-9-22(20)36)41-30(32,33)34)7-8-18-25(19)29(40)35(28(18)39)15-4-2-14(31)3-5-15/h2-7,9-11,18-19,24-25,36H,8,12H2,1H3/t18-,19+,24+,25-/m0/s1. The van der Waals surface area contributed by atoms with E-state index in [-0.39, 0.29) is 41.0 Å². The van der Waals surface area contributed by atoms with Gasteiger partial charge >= 0.3 is 6.36 Å². The Kier molecular flexibility index (Phi) is 6.33. The normalized spacial score (nSPS) is 25.9. The number of imide groups is 1. The Bertz CT molecular complexity index is 1640. The van der Waals surface area contributed by atoms with Gasteiger partial charge in [0.15, 0.2) is 11.6 Å². The number of carbonyl (C=O) groups is 4. The van der Waals surface area contributed by atoms with Gasteiger partial charge < -0.3 is 9.84 Å². The molecular weight excluding hydrogens is 607 g/mol. The lowest BCUT2D eigenvalue weighted by Gasteiger charge is -2.42. The van der Waals surface area contributed by atoms with Crippen molar-refractivity contribution in [1.82, 2.24) is 0 Å². The van der Waals surface area contributed by atoms with Crippen molar-refractivity contribution in [2.24, 2.45) is 17.8 Å². The molecule has 1 aliphatic heterocycles. The number of phenols is 1. The van der Waals surface area contributed by atoms with Crippen molar-refractivity contribution in [3.05, 3.63) is 86.9 Å². The third kappa shape index (κ3) is 4.43.